The van der Waals surface area contributed by atoms with Gasteiger partial charge in [-0.1, -0.05) is 22.0 Å². The first-order valence-electron chi connectivity index (χ1n) is 5.55. The minimum absolute atomic E-state index is 0.0585. The van der Waals surface area contributed by atoms with E-state index in [1.165, 1.54) is 12.1 Å². The monoisotopic (exact) mass is 322 g/mol. The molecule has 1 aromatic heterocycles. The van der Waals surface area contributed by atoms with Crippen molar-refractivity contribution in [3.8, 4) is 5.75 Å². The summed E-state index contributed by atoms with van der Waals surface area (Å²) in [5, 5.41) is 11.2. The third kappa shape index (κ3) is 3.51. The molecule has 1 aromatic carbocycles. The van der Waals surface area contributed by atoms with Crippen LogP contribution in [0.5, 0.6) is 5.75 Å². The molecule has 0 radical (unpaired) electrons. The number of rotatable bonds is 5. The lowest BCUT2D eigenvalue weighted by molar-refractivity contribution is -0.384. The smallest absolute Gasteiger partial charge is 0.270 e. The molecule has 2 aromatic rings. The highest BCUT2D eigenvalue weighted by atomic mass is 79.9. The van der Waals surface area contributed by atoms with Crippen LogP contribution in [0.25, 0.3) is 0 Å². The molecule has 0 unspecified atom stereocenters. The minimum atomic E-state index is -0.420. The highest BCUT2D eigenvalue weighted by Gasteiger charge is 2.11. The summed E-state index contributed by atoms with van der Waals surface area (Å²) in [5.74, 6) is 0.631. The first-order chi connectivity index (χ1) is 9.20. The molecule has 0 amide bonds. The maximum Gasteiger partial charge on any atom is 0.270 e. The van der Waals surface area contributed by atoms with E-state index >= 15 is 0 Å². The topological polar surface area (TPSA) is 65.3 Å². The Balaban J connectivity index is 2.14. The molecule has 6 heteroatoms. The summed E-state index contributed by atoms with van der Waals surface area (Å²) >= 11 is 3.30. The summed E-state index contributed by atoms with van der Waals surface area (Å²) in [6, 6.07) is 8.30. The Labute approximate surface area is 118 Å². The lowest BCUT2D eigenvalue weighted by atomic mass is 10.2. The van der Waals surface area contributed by atoms with Gasteiger partial charge in [-0.15, -0.1) is 0 Å². The van der Waals surface area contributed by atoms with Crippen molar-refractivity contribution in [2.45, 2.75) is 11.9 Å². The molecule has 19 heavy (non-hydrogen) atoms. The molecule has 98 valence electrons. The quantitative estimate of drug-likeness (QED) is 0.480. The van der Waals surface area contributed by atoms with Gasteiger partial charge in [0.2, 0.25) is 0 Å². The fourth-order valence-electron chi connectivity index (χ4n) is 1.57. The summed E-state index contributed by atoms with van der Waals surface area (Å²) in [7, 11) is 0. The van der Waals surface area contributed by atoms with Crippen LogP contribution in [0.15, 0.2) is 42.7 Å². The van der Waals surface area contributed by atoms with Gasteiger partial charge in [0.25, 0.3) is 5.69 Å². The van der Waals surface area contributed by atoms with Crippen molar-refractivity contribution in [3.05, 3.63) is 64.0 Å². The van der Waals surface area contributed by atoms with Gasteiger partial charge in [-0.05, 0) is 12.1 Å². The van der Waals surface area contributed by atoms with Crippen molar-refractivity contribution < 1.29 is 9.66 Å². The Hall–Kier alpha value is -1.95. The first-order valence-corrected chi connectivity index (χ1v) is 6.68. The SMILES string of the molecule is O=[N+]([O-])c1ccc(OCc2cccnc2)c(CBr)c1. The standard InChI is InChI=1S/C13H11BrN2O3/c14-7-11-6-12(16(17)18)3-4-13(11)19-9-10-2-1-5-15-8-10/h1-6,8H,7,9H2. The predicted molar refractivity (Wildman–Crippen MR) is 74.3 cm³/mol. The average molecular weight is 323 g/mol. The largest absolute Gasteiger partial charge is 0.489 e. The van der Waals surface area contributed by atoms with E-state index in [4.69, 9.17) is 4.74 Å². The van der Waals surface area contributed by atoms with Crippen LogP contribution in [0.2, 0.25) is 0 Å². The van der Waals surface area contributed by atoms with Gasteiger partial charge in [0, 0.05) is 41.0 Å². The average Bonchev–Trinajstić information content (AvgIpc) is 2.45. The number of hydrogen-bond donors (Lipinski definition) is 0. The molecular weight excluding hydrogens is 312 g/mol. The zero-order chi connectivity index (χ0) is 13.7. The van der Waals surface area contributed by atoms with Gasteiger partial charge in [0.15, 0.2) is 0 Å². The first kappa shape index (κ1) is 13.5. The molecule has 0 saturated heterocycles. The minimum Gasteiger partial charge on any atom is -0.489 e. The summed E-state index contributed by atoms with van der Waals surface area (Å²) in [4.78, 5) is 14.3. The Morgan fingerprint density at radius 1 is 1.37 bits per heavy atom. The van der Waals surface area contributed by atoms with Crippen molar-refractivity contribution in [1.82, 2.24) is 4.98 Å². The number of alkyl halides is 1. The number of nitrogens with zero attached hydrogens (tertiary/aromatic N) is 2. The van der Waals surface area contributed by atoms with Crippen LogP contribution >= 0.6 is 15.9 Å². The lowest BCUT2D eigenvalue weighted by Gasteiger charge is -2.09. The number of non-ortho nitro benzene ring substituents is 1. The second kappa shape index (κ2) is 6.29. The van der Waals surface area contributed by atoms with E-state index in [-0.39, 0.29) is 5.69 Å². The molecule has 0 aliphatic heterocycles. The second-order valence-corrected chi connectivity index (χ2v) is 4.39. The third-order valence-electron chi connectivity index (χ3n) is 2.52. The van der Waals surface area contributed by atoms with Crippen molar-refractivity contribution in [2.75, 3.05) is 0 Å². The van der Waals surface area contributed by atoms with E-state index in [1.807, 2.05) is 12.1 Å². The summed E-state index contributed by atoms with van der Waals surface area (Å²) in [5.41, 5.74) is 1.75. The molecule has 0 spiro atoms. The molecule has 0 aliphatic rings. The van der Waals surface area contributed by atoms with Gasteiger partial charge < -0.3 is 4.74 Å². The lowest BCUT2D eigenvalue weighted by Crippen LogP contribution is -1.99. The normalized spacial score (nSPS) is 10.2. The molecule has 2 rings (SSSR count). The fraction of sp³-hybridized carbons (Fsp3) is 0.154. The van der Waals surface area contributed by atoms with Crippen LogP contribution in [0.1, 0.15) is 11.1 Å². The predicted octanol–water partition coefficient (Wildman–Crippen LogP) is 3.46. The number of ether oxygens (including phenoxy) is 1. The number of hydrogen-bond acceptors (Lipinski definition) is 4. The highest BCUT2D eigenvalue weighted by molar-refractivity contribution is 9.08. The number of nitro benzene ring substituents is 1. The Bertz CT molecular complexity index is 575. The number of halogens is 1. The Kier molecular flexibility index (Phi) is 4.46. The maximum atomic E-state index is 10.7. The van der Waals surface area contributed by atoms with Gasteiger partial charge in [0.1, 0.15) is 12.4 Å². The molecular formula is C13H11BrN2O3. The number of aromatic nitrogens is 1. The molecule has 1 heterocycles. The van der Waals surface area contributed by atoms with Crippen molar-refractivity contribution >= 4 is 21.6 Å². The Morgan fingerprint density at radius 2 is 2.21 bits per heavy atom. The van der Waals surface area contributed by atoms with E-state index in [0.29, 0.717) is 17.7 Å². The third-order valence-corrected chi connectivity index (χ3v) is 3.12. The van der Waals surface area contributed by atoms with E-state index in [0.717, 1.165) is 11.1 Å². The second-order valence-electron chi connectivity index (χ2n) is 3.83. The van der Waals surface area contributed by atoms with Crippen molar-refractivity contribution in [3.63, 3.8) is 0 Å². The van der Waals surface area contributed by atoms with Gasteiger partial charge in [0.05, 0.1) is 4.92 Å². The van der Waals surface area contributed by atoms with Crippen LogP contribution < -0.4 is 4.74 Å². The molecule has 0 N–H and O–H groups in total. The van der Waals surface area contributed by atoms with Crippen LogP contribution in [-0.2, 0) is 11.9 Å². The molecule has 0 saturated carbocycles. The van der Waals surface area contributed by atoms with E-state index in [1.54, 1.807) is 18.5 Å². The summed E-state index contributed by atoms with van der Waals surface area (Å²) < 4.78 is 5.66. The van der Waals surface area contributed by atoms with Crippen molar-refractivity contribution in [2.24, 2.45) is 0 Å². The maximum absolute atomic E-state index is 10.7. The van der Waals surface area contributed by atoms with Crippen LogP contribution in [-0.4, -0.2) is 9.91 Å². The molecule has 0 fully saturated rings. The van der Waals surface area contributed by atoms with Crippen LogP contribution in [0.3, 0.4) is 0 Å². The number of benzene rings is 1. The van der Waals surface area contributed by atoms with Gasteiger partial charge >= 0.3 is 0 Å². The zero-order valence-electron chi connectivity index (χ0n) is 9.95. The van der Waals surface area contributed by atoms with Crippen molar-refractivity contribution in [1.29, 1.82) is 0 Å². The molecule has 0 atom stereocenters. The molecule has 0 bridgehead atoms. The Morgan fingerprint density at radius 3 is 2.84 bits per heavy atom. The fourth-order valence-corrected chi connectivity index (χ4v) is 2.01. The zero-order valence-corrected chi connectivity index (χ0v) is 11.5. The number of nitro groups is 1. The highest BCUT2D eigenvalue weighted by Crippen LogP contribution is 2.26. The molecule has 0 aliphatic carbocycles. The van der Waals surface area contributed by atoms with Crippen LogP contribution in [0.4, 0.5) is 5.69 Å². The van der Waals surface area contributed by atoms with Gasteiger partial charge in [-0.3, -0.25) is 15.1 Å². The summed E-state index contributed by atoms with van der Waals surface area (Å²) in [6.07, 6.45) is 3.42. The summed E-state index contributed by atoms with van der Waals surface area (Å²) in [6.45, 7) is 0.381. The molecule has 5 nitrogen and oxygen atoms in total. The van der Waals surface area contributed by atoms with Crippen LogP contribution in [0, 0.1) is 10.1 Å². The van der Waals surface area contributed by atoms with E-state index < -0.39 is 4.92 Å². The van der Waals surface area contributed by atoms with Gasteiger partial charge in [-0.25, -0.2) is 0 Å². The van der Waals surface area contributed by atoms with E-state index in [9.17, 15) is 10.1 Å². The van der Waals surface area contributed by atoms with Gasteiger partial charge in [-0.2, -0.15) is 0 Å². The van der Waals surface area contributed by atoms with E-state index in [2.05, 4.69) is 20.9 Å². The number of pyridine rings is 1.